The third-order valence-corrected chi connectivity index (χ3v) is 3.48. The van der Waals surface area contributed by atoms with Gasteiger partial charge in [0.25, 0.3) is 5.69 Å². The number of rotatable bonds is 5. The number of carboxylic acids is 1. The van der Waals surface area contributed by atoms with Gasteiger partial charge in [-0.1, -0.05) is 6.07 Å². The molecule has 0 spiro atoms. The maximum absolute atomic E-state index is 11.0. The molecule has 1 saturated carbocycles. The van der Waals surface area contributed by atoms with Gasteiger partial charge in [0.2, 0.25) is 0 Å². The molecule has 0 bridgehead atoms. The summed E-state index contributed by atoms with van der Waals surface area (Å²) < 4.78 is 5.54. The molecule has 1 N–H and O–H groups in total. The Morgan fingerprint density at radius 3 is 2.72 bits per heavy atom. The van der Waals surface area contributed by atoms with Gasteiger partial charge >= 0.3 is 5.97 Å². The van der Waals surface area contributed by atoms with E-state index >= 15 is 0 Å². The van der Waals surface area contributed by atoms with Crippen LogP contribution in [0.4, 0.5) is 5.69 Å². The molecule has 6 nitrogen and oxygen atoms in total. The molecule has 0 radical (unpaired) electrons. The highest BCUT2D eigenvalue weighted by Gasteiger charge is 2.38. The van der Waals surface area contributed by atoms with Crippen LogP contribution in [0.2, 0.25) is 0 Å². The third-order valence-electron chi connectivity index (χ3n) is 2.69. The minimum absolute atomic E-state index is 0.00587. The first-order chi connectivity index (χ1) is 8.50. The molecule has 7 heteroatoms. The molecule has 1 aromatic rings. The minimum Gasteiger partial charge on any atom is -0.478 e. The van der Waals surface area contributed by atoms with Gasteiger partial charge in [-0.05, 0) is 34.8 Å². The Morgan fingerprint density at radius 1 is 1.56 bits per heavy atom. The van der Waals surface area contributed by atoms with Crippen molar-refractivity contribution in [3.63, 3.8) is 0 Å². The highest BCUT2D eigenvalue weighted by molar-refractivity contribution is 9.10. The molecule has 0 saturated heterocycles. The van der Waals surface area contributed by atoms with Gasteiger partial charge in [0, 0.05) is 12.0 Å². The van der Waals surface area contributed by atoms with Crippen LogP contribution in [0.5, 0.6) is 5.75 Å². The van der Waals surface area contributed by atoms with E-state index in [1.165, 1.54) is 18.2 Å². The summed E-state index contributed by atoms with van der Waals surface area (Å²) in [5, 5.41) is 19.8. The minimum atomic E-state index is -1.05. The summed E-state index contributed by atoms with van der Waals surface area (Å²) in [6.07, 6.45) is 0.677. The smallest absolute Gasteiger partial charge is 0.345 e. The fourth-order valence-electron chi connectivity index (χ4n) is 1.62. The summed E-state index contributed by atoms with van der Waals surface area (Å²) in [5.74, 6) is -0.868. The zero-order valence-electron chi connectivity index (χ0n) is 9.21. The Hall–Kier alpha value is -1.63. The molecular formula is C11H10BrNO5. The molecule has 0 aliphatic heterocycles. The normalized spacial score (nSPS) is 16.1. The van der Waals surface area contributed by atoms with E-state index in [0.29, 0.717) is 0 Å². The standard InChI is InChI=1S/C11H10BrNO5/c12-9-7(13(16)17)2-1-3-8(9)18-10(11(14)15)6-4-5-6/h1-3,6,10H,4-5H2,(H,14,15). The van der Waals surface area contributed by atoms with Gasteiger partial charge in [-0.3, -0.25) is 10.1 Å². The summed E-state index contributed by atoms with van der Waals surface area (Å²) in [5.41, 5.74) is -0.146. The maximum Gasteiger partial charge on any atom is 0.345 e. The van der Waals surface area contributed by atoms with E-state index in [0.717, 1.165) is 12.8 Å². The monoisotopic (exact) mass is 315 g/mol. The zero-order chi connectivity index (χ0) is 13.3. The van der Waals surface area contributed by atoms with Crippen molar-refractivity contribution < 1.29 is 19.6 Å². The molecule has 1 aliphatic carbocycles. The summed E-state index contributed by atoms with van der Waals surface area (Å²) in [4.78, 5) is 21.2. The van der Waals surface area contributed by atoms with Gasteiger partial charge < -0.3 is 9.84 Å². The second-order valence-corrected chi connectivity index (χ2v) is 4.85. The number of halogens is 1. The van der Waals surface area contributed by atoms with Gasteiger partial charge in [0.05, 0.1) is 4.92 Å². The summed E-state index contributed by atoms with van der Waals surface area (Å²) in [7, 11) is 0. The summed E-state index contributed by atoms with van der Waals surface area (Å²) in [6, 6.07) is 4.29. The first-order valence-electron chi connectivity index (χ1n) is 5.33. The van der Waals surface area contributed by atoms with E-state index in [1.807, 2.05) is 0 Å². The molecule has 1 atom stereocenters. The lowest BCUT2D eigenvalue weighted by molar-refractivity contribution is -0.385. The summed E-state index contributed by atoms with van der Waals surface area (Å²) in [6.45, 7) is 0. The third kappa shape index (κ3) is 2.61. The average Bonchev–Trinajstić information content (AvgIpc) is 3.10. The fourth-order valence-corrected chi connectivity index (χ4v) is 2.12. The molecule has 1 unspecified atom stereocenters. The average molecular weight is 316 g/mol. The van der Waals surface area contributed by atoms with Crippen molar-refractivity contribution in [2.24, 2.45) is 5.92 Å². The number of nitro benzene ring substituents is 1. The van der Waals surface area contributed by atoms with E-state index in [9.17, 15) is 14.9 Å². The van der Waals surface area contributed by atoms with E-state index < -0.39 is 17.0 Å². The highest BCUT2D eigenvalue weighted by atomic mass is 79.9. The number of carbonyl (C=O) groups is 1. The Morgan fingerprint density at radius 2 is 2.22 bits per heavy atom. The molecular weight excluding hydrogens is 306 g/mol. The Kier molecular flexibility index (Phi) is 3.51. The lowest BCUT2D eigenvalue weighted by Crippen LogP contribution is -2.29. The zero-order valence-corrected chi connectivity index (χ0v) is 10.8. The lowest BCUT2D eigenvalue weighted by atomic mass is 10.2. The van der Waals surface area contributed by atoms with E-state index in [2.05, 4.69) is 15.9 Å². The van der Waals surface area contributed by atoms with Gasteiger partial charge in [-0.2, -0.15) is 0 Å². The first-order valence-corrected chi connectivity index (χ1v) is 6.12. The number of aliphatic carboxylic acids is 1. The number of nitrogens with zero attached hydrogens (tertiary/aromatic N) is 1. The van der Waals surface area contributed by atoms with Crippen molar-refractivity contribution in [3.8, 4) is 5.75 Å². The van der Waals surface area contributed by atoms with Crippen molar-refractivity contribution in [3.05, 3.63) is 32.8 Å². The van der Waals surface area contributed by atoms with Crippen molar-refractivity contribution in [1.82, 2.24) is 0 Å². The maximum atomic E-state index is 11.0. The van der Waals surface area contributed by atoms with Crippen LogP contribution in [0, 0.1) is 16.0 Å². The molecule has 1 aliphatic rings. The first kappa shape index (κ1) is 12.8. The van der Waals surface area contributed by atoms with Crippen molar-refractivity contribution >= 4 is 27.6 Å². The van der Waals surface area contributed by atoms with Gasteiger partial charge in [0.15, 0.2) is 6.10 Å². The molecule has 0 aromatic heterocycles. The fraction of sp³-hybridized carbons (Fsp3) is 0.364. The second kappa shape index (κ2) is 4.93. The molecule has 0 amide bonds. The molecule has 18 heavy (non-hydrogen) atoms. The van der Waals surface area contributed by atoms with Crippen LogP contribution in [-0.2, 0) is 4.79 Å². The van der Waals surface area contributed by atoms with Crippen LogP contribution in [0.15, 0.2) is 22.7 Å². The quantitative estimate of drug-likeness (QED) is 0.666. The van der Waals surface area contributed by atoms with Crippen LogP contribution in [0.3, 0.4) is 0 Å². The Bertz CT molecular complexity index is 500. The molecule has 1 fully saturated rings. The molecule has 96 valence electrons. The Labute approximate surface area is 111 Å². The number of benzene rings is 1. The summed E-state index contributed by atoms with van der Waals surface area (Å²) >= 11 is 3.07. The van der Waals surface area contributed by atoms with Crippen LogP contribution < -0.4 is 4.74 Å². The number of nitro groups is 1. The predicted octanol–water partition coefficient (Wildman–Crippen LogP) is 2.60. The van der Waals surface area contributed by atoms with Crippen molar-refractivity contribution in [2.45, 2.75) is 18.9 Å². The lowest BCUT2D eigenvalue weighted by Gasteiger charge is -2.15. The van der Waals surface area contributed by atoms with Gasteiger partial charge in [0.1, 0.15) is 10.2 Å². The van der Waals surface area contributed by atoms with Crippen LogP contribution in [0.25, 0.3) is 0 Å². The van der Waals surface area contributed by atoms with Crippen LogP contribution in [0.1, 0.15) is 12.8 Å². The molecule has 1 aromatic carbocycles. The SMILES string of the molecule is O=C(O)C(Oc1cccc([N+](=O)[O-])c1Br)C1CC1. The molecule has 0 heterocycles. The largest absolute Gasteiger partial charge is 0.478 e. The Balaban J connectivity index is 2.25. The second-order valence-electron chi connectivity index (χ2n) is 4.06. The van der Waals surface area contributed by atoms with Gasteiger partial charge in [-0.25, -0.2) is 4.79 Å². The van der Waals surface area contributed by atoms with Gasteiger partial charge in [-0.15, -0.1) is 0 Å². The number of hydrogen-bond acceptors (Lipinski definition) is 4. The highest BCUT2D eigenvalue weighted by Crippen LogP contribution is 2.39. The van der Waals surface area contributed by atoms with Crippen molar-refractivity contribution in [1.29, 1.82) is 0 Å². The van der Waals surface area contributed by atoms with E-state index in [-0.39, 0.29) is 21.8 Å². The van der Waals surface area contributed by atoms with E-state index in [4.69, 9.17) is 9.84 Å². The number of hydrogen-bond donors (Lipinski definition) is 1. The number of carboxylic acid groups (broad SMARTS) is 1. The van der Waals surface area contributed by atoms with Crippen molar-refractivity contribution in [2.75, 3.05) is 0 Å². The topological polar surface area (TPSA) is 89.7 Å². The van der Waals surface area contributed by atoms with E-state index in [1.54, 1.807) is 0 Å². The molecule has 2 rings (SSSR count). The number of ether oxygens (including phenoxy) is 1. The predicted molar refractivity (Wildman–Crippen MR) is 65.6 cm³/mol. The van der Waals surface area contributed by atoms with Crippen LogP contribution >= 0.6 is 15.9 Å². The van der Waals surface area contributed by atoms with Crippen LogP contribution in [-0.4, -0.2) is 22.1 Å².